The quantitative estimate of drug-likeness (QED) is 0.378. The van der Waals surface area contributed by atoms with Gasteiger partial charge in [-0.05, 0) is 51.9 Å². The van der Waals surface area contributed by atoms with E-state index in [0.717, 1.165) is 37.4 Å². The van der Waals surface area contributed by atoms with E-state index >= 15 is 0 Å². The topological polar surface area (TPSA) is 43.4 Å². The van der Waals surface area contributed by atoms with Crippen molar-refractivity contribution in [3.63, 3.8) is 0 Å². The Labute approximate surface area is 110 Å². The van der Waals surface area contributed by atoms with Crippen LogP contribution in [-0.2, 0) is 14.3 Å². The number of hydrogen-bond acceptors (Lipinski definition) is 3. The number of carbonyl (C=O) groups excluding carboxylic acids is 2. The second-order valence-electron chi connectivity index (χ2n) is 6.33. The minimum atomic E-state index is -0.368. The van der Waals surface area contributed by atoms with Gasteiger partial charge in [-0.3, -0.25) is 4.79 Å². The summed E-state index contributed by atoms with van der Waals surface area (Å²) in [5, 5.41) is 0. The van der Waals surface area contributed by atoms with Crippen LogP contribution in [0.1, 0.15) is 65.7 Å². The van der Waals surface area contributed by atoms with E-state index in [1.165, 1.54) is 12.8 Å². The van der Waals surface area contributed by atoms with Crippen LogP contribution in [-0.4, -0.2) is 17.9 Å². The zero-order chi connectivity index (χ0) is 13.6. The van der Waals surface area contributed by atoms with Crippen LogP contribution in [0.4, 0.5) is 0 Å². The first kappa shape index (κ1) is 15.2. The first-order valence-electron chi connectivity index (χ1n) is 7.08. The summed E-state index contributed by atoms with van der Waals surface area (Å²) in [5.74, 6) is 1.50. The highest BCUT2D eigenvalue weighted by Gasteiger charge is 2.35. The average molecular weight is 254 g/mol. The molecule has 104 valence electrons. The Morgan fingerprint density at radius 3 is 2.50 bits per heavy atom. The number of carbonyl (C=O) groups is 2. The third-order valence-corrected chi connectivity index (χ3v) is 3.35. The second-order valence-corrected chi connectivity index (χ2v) is 6.33. The molecule has 0 heterocycles. The van der Waals surface area contributed by atoms with Crippen LogP contribution >= 0.6 is 0 Å². The Morgan fingerprint density at radius 1 is 1.22 bits per heavy atom. The van der Waals surface area contributed by atoms with Crippen molar-refractivity contribution < 1.29 is 14.3 Å². The molecule has 0 radical (unpaired) electrons. The molecule has 0 amide bonds. The van der Waals surface area contributed by atoms with Gasteiger partial charge in [-0.25, -0.2) is 0 Å². The molecule has 1 aliphatic carbocycles. The van der Waals surface area contributed by atoms with Crippen LogP contribution in [0.15, 0.2) is 0 Å². The van der Waals surface area contributed by atoms with E-state index in [0.29, 0.717) is 12.8 Å². The molecule has 0 spiro atoms. The van der Waals surface area contributed by atoms with Crippen molar-refractivity contribution >= 4 is 12.3 Å². The summed E-state index contributed by atoms with van der Waals surface area (Å²) >= 11 is 0. The van der Waals surface area contributed by atoms with Crippen molar-refractivity contribution in [2.45, 2.75) is 71.3 Å². The maximum atomic E-state index is 11.5. The summed E-state index contributed by atoms with van der Waals surface area (Å²) in [6.45, 7) is 5.69. The molecular formula is C15H26O3. The van der Waals surface area contributed by atoms with Crippen molar-refractivity contribution in [2.75, 3.05) is 0 Å². The van der Waals surface area contributed by atoms with E-state index in [1.807, 2.05) is 20.8 Å². The largest absolute Gasteiger partial charge is 0.460 e. The van der Waals surface area contributed by atoms with Crippen LogP contribution in [0.5, 0.6) is 0 Å². The van der Waals surface area contributed by atoms with Gasteiger partial charge in [0.2, 0.25) is 0 Å². The van der Waals surface area contributed by atoms with Gasteiger partial charge in [0.1, 0.15) is 11.9 Å². The van der Waals surface area contributed by atoms with E-state index in [2.05, 4.69) is 0 Å². The van der Waals surface area contributed by atoms with Gasteiger partial charge in [-0.1, -0.05) is 12.8 Å². The minimum Gasteiger partial charge on any atom is -0.460 e. The molecule has 1 fully saturated rings. The van der Waals surface area contributed by atoms with Gasteiger partial charge in [0, 0.05) is 12.8 Å². The Balaban J connectivity index is 1.97. The zero-order valence-electron chi connectivity index (χ0n) is 11.9. The van der Waals surface area contributed by atoms with E-state index < -0.39 is 0 Å². The highest BCUT2D eigenvalue weighted by Crippen LogP contribution is 2.45. The Kier molecular flexibility index (Phi) is 5.83. The molecule has 0 aliphatic heterocycles. The Hall–Kier alpha value is -0.860. The summed E-state index contributed by atoms with van der Waals surface area (Å²) in [6, 6.07) is 0. The average Bonchev–Trinajstić information content (AvgIpc) is 2.98. The first-order chi connectivity index (χ1) is 8.42. The number of unbranched alkanes of at least 4 members (excludes halogenated alkanes) is 1. The molecule has 0 unspecified atom stereocenters. The van der Waals surface area contributed by atoms with Crippen molar-refractivity contribution in [1.82, 2.24) is 0 Å². The predicted octanol–water partition coefficient (Wildman–Crippen LogP) is 3.50. The maximum absolute atomic E-state index is 11.5. The summed E-state index contributed by atoms with van der Waals surface area (Å²) in [5.41, 5.74) is -0.368. The lowest BCUT2D eigenvalue weighted by atomic mass is 10.1. The zero-order valence-corrected chi connectivity index (χ0v) is 11.9. The van der Waals surface area contributed by atoms with Gasteiger partial charge in [0.25, 0.3) is 0 Å². The van der Waals surface area contributed by atoms with E-state index in [4.69, 9.17) is 4.74 Å². The van der Waals surface area contributed by atoms with Gasteiger partial charge in [-0.2, -0.15) is 0 Å². The SMILES string of the molecule is CC(C)(C)OC(=O)CCCC[C@@H]1C[C@H]1CCC=O. The molecule has 0 aromatic heterocycles. The molecule has 0 aromatic carbocycles. The fourth-order valence-corrected chi connectivity index (χ4v) is 2.37. The number of esters is 1. The fourth-order valence-electron chi connectivity index (χ4n) is 2.37. The summed E-state index contributed by atoms with van der Waals surface area (Å²) in [7, 11) is 0. The lowest BCUT2D eigenvalue weighted by molar-refractivity contribution is -0.154. The standard InChI is InChI=1S/C15H26O3/c1-15(2,3)18-14(17)9-5-4-7-12-11-13(12)8-6-10-16/h10,12-13H,4-9,11H2,1-3H3/t12-,13-/m1/s1. The molecule has 3 heteroatoms. The molecular weight excluding hydrogens is 228 g/mol. The van der Waals surface area contributed by atoms with E-state index in [-0.39, 0.29) is 11.6 Å². The van der Waals surface area contributed by atoms with Gasteiger partial charge in [0.15, 0.2) is 0 Å². The van der Waals surface area contributed by atoms with Crippen LogP contribution in [0.3, 0.4) is 0 Å². The van der Waals surface area contributed by atoms with Crippen LogP contribution in [0.2, 0.25) is 0 Å². The number of hydrogen-bond donors (Lipinski definition) is 0. The Bertz CT molecular complexity index is 278. The second kappa shape index (κ2) is 6.91. The van der Waals surface area contributed by atoms with Crippen LogP contribution in [0, 0.1) is 11.8 Å². The number of rotatable bonds is 8. The summed E-state index contributed by atoms with van der Waals surface area (Å²) in [6.07, 6.45) is 7.81. The van der Waals surface area contributed by atoms with Gasteiger partial charge >= 0.3 is 5.97 Å². The van der Waals surface area contributed by atoms with Gasteiger partial charge in [0.05, 0.1) is 0 Å². The highest BCUT2D eigenvalue weighted by molar-refractivity contribution is 5.69. The molecule has 0 aromatic rings. The molecule has 1 aliphatic rings. The molecule has 3 nitrogen and oxygen atoms in total. The molecule has 0 saturated heterocycles. The highest BCUT2D eigenvalue weighted by atomic mass is 16.6. The van der Waals surface area contributed by atoms with E-state index in [1.54, 1.807) is 0 Å². The third-order valence-electron chi connectivity index (χ3n) is 3.35. The smallest absolute Gasteiger partial charge is 0.306 e. The lowest BCUT2D eigenvalue weighted by Crippen LogP contribution is -2.23. The minimum absolute atomic E-state index is 0.0872. The molecule has 1 saturated carbocycles. The molecule has 0 N–H and O–H groups in total. The third kappa shape index (κ3) is 6.77. The van der Waals surface area contributed by atoms with E-state index in [9.17, 15) is 9.59 Å². The van der Waals surface area contributed by atoms with Crippen molar-refractivity contribution in [2.24, 2.45) is 11.8 Å². The predicted molar refractivity (Wildman–Crippen MR) is 71.2 cm³/mol. The molecule has 1 rings (SSSR count). The normalized spacial score (nSPS) is 22.6. The van der Waals surface area contributed by atoms with Crippen LogP contribution < -0.4 is 0 Å². The van der Waals surface area contributed by atoms with Crippen molar-refractivity contribution in [1.29, 1.82) is 0 Å². The number of aldehydes is 1. The van der Waals surface area contributed by atoms with Gasteiger partial charge in [-0.15, -0.1) is 0 Å². The van der Waals surface area contributed by atoms with Crippen molar-refractivity contribution in [3.05, 3.63) is 0 Å². The van der Waals surface area contributed by atoms with Crippen molar-refractivity contribution in [3.8, 4) is 0 Å². The summed E-state index contributed by atoms with van der Waals surface area (Å²) < 4.78 is 5.26. The van der Waals surface area contributed by atoms with Crippen LogP contribution in [0.25, 0.3) is 0 Å². The first-order valence-corrected chi connectivity index (χ1v) is 7.08. The molecule has 18 heavy (non-hydrogen) atoms. The van der Waals surface area contributed by atoms with Gasteiger partial charge < -0.3 is 9.53 Å². The Morgan fingerprint density at radius 2 is 1.89 bits per heavy atom. The lowest BCUT2D eigenvalue weighted by Gasteiger charge is -2.19. The number of ether oxygens (including phenoxy) is 1. The molecule has 0 bridgehead atoms. The summed E-state index contributed by atoms with van der Waals surface area (Å²) in [4.78, 5) is 21.7. The maximum Gasteiger partial charge on any atom is 0.306 e. The monoisotopic (exact) mass is 254 g/mol. The fraction of sp³-hybridized carbons (Fsp3) is 0.867. The molecule has 2 atom stereocenters.